The Bertz CT molecular complexity index is 352. The average molecular weight is 238 g/mol. The van der Waals surface area contributed by atoms with E-state index in [1.165, 1.54) is 18.8 Å². The molecule has 94 valence electrons. The highest BCUT2D eigenvalue weighted by atomic mass is 19.1. The van der Waals surface area contributed by atoms with Gasteiger partial charge in [-0.3, -0.25) is 0 Å². The number of rotatable bonds is 2. The van der Waals surface area contributed by atoms with Crippen molar-refractivity contribution in [1.82, 2.24) is 14.9 Å². The Morgan fingerprint density at radius 2 is 1.94 bits per heavy atom. The Hall–Kier alpha value is -1.23. The molecule has 1 unspecified atom stereocenters. The summed E-state index contributed by atoms with van der Waals surface area (Å²) in [5.74, 6) is 0.264. The van der Waals surface area contributed by atoms with Crippen LogP contribution in [0.3, 0.4) is 0 Å². The minimum atomic E-state index is -0.380. The molecule has 17 heavy (non-hydrogen) atoms. The van der Waals surface area contributed by atoms with E-state index in [0.717, 1.165) is 25.9 Å². The fraction of sp³-hybridized carbons (Fsp3) is 0.667. The monoisotopic (exact) mass is 238 g/mol. The first-order chi connectivity index (χ1) is 8.16. The van der Waals surface area contributed by atoms with Crippen LogP contribution < -0.4 is 4.90 Å². The first-order valence-electron chi connectivity index (χ1n) is 6.06. The van der Waals surface area contributed by atoms with Crippen LogP contribution in [0.1, 0.15) is 19.3 Å². The predicted octanol–water partition coefficient (Wildman–Crippen LogP) is 1.54. The maximum atomic E-state index is 12.8. The van der Waals surface area contributed by atoms with Crippen LogP contribution in [-0.2, 0) is 0 Å². The van der Waals surface area contributed by atoms with Crippen LogP contribution in [0.4, 0.5) is 10.3 Å². The SMILES string of the molecule is CN(C)C1CCCN(c2ncc(F)cn2)CC1. The molecule has 5 heteroatoms. The van der Waals surface area contributed by atoms with Gasteiger partial charge in [-0.05, 0) is 33.4 Å². The number of nitrogens with zero attached hydrogens (tertiary/aromatic N) is 4. The fourth-order valence-electron chi connectivity index (χ4n) is 2.26. The molecule has 0 aromatic carbocycles. The predicted molar refractivity (Wildman–Crippen MR) is 65.5 cm³/mol. The van der Waals surface area contributed by atoms with E-state index in [0.29, 0.717) is 12.0 Å². The van der Waals surface area contributed by atoms with Crippen LogP contribution in [0, 0.1) is 5.82 Å². The summed E-state index contributed by atoms with van der Waals surface area (Å²) in [5.41, 5.74) is 0. The maximum Gasteiger partial charge on any atom is 0.225 e. The molecule has 1 fully saturated rings. The summed E-state index contributed by atoms with van der Waals surface area (Å²) in [5, 5.41) is 0. The number of hydrogen-bond acceptors (Lipinski definition) is 4. The second-order valence-electron chi connectivity index (χ2n) is 4.74. The topological polar surface area (TPSA) is 32.3 Å². The van der Waals surface area contributed by atoms with Gasteiger partial charge in [0.05, 0.1) is 12.4 Å². The van der Waals surface area contributed by atoms with Gasteiger partial charge in [-0.25, -0.2) is 14.4 Å². The highest BCUT2D eigenvalue weighted by molar-refractivity contribution is 5.28. The van der Waals surface area contributed by atoms with E-state index in [1.54, 1.807) is 0 Å². The van der Waals surface area contributed by atoms with Gasteiger partial charge in [-0.2, -0.15) is 0 Å². The van der Waals surface area contributed by atoms with Crippen LogP contribution in [-0.4, -0.2) is 48.1 Å². The van der Waals surface area contributed by atoms with Crippen molar-refractivity contribution in [3.63, 3.8) is 0 Å². The van der Waals surface area contributed by atoms with Gasteiger partial charge in [-0.15, -0.1) is 0 Å². The molecule has 1 aliphatic rings. The highest BCUT2D eigenvalue weighted by Gasteiger charge is 2.19. The Balaban J connectivity index is 2.01. The minimum absolute atomic E-state index is 0.380. The van der Waals surface area contributed by atoms with Crippen LogP contribution in [0.5, 0.6) is 0 Å². The van der Waals surface area contributed by atoms with Crippen LogP contribution in [0.2, 0.25) is 0 Å². The lowest BCUT2D eigenvalue weighted by atomic mass is 10.1. The summed E-state index contributed by atoms with van der Waals surface area (Å²) in [6.07, 6.45) is 5.90. The summed E-state index contributed by atoms with van der Waals surface area (Å²) >= 11 is 0. The Morgan fingerprint density at radius 1 is 1.24 bits per heavy atom. The molecule has 0 N–H and O–H groups in total. The summed E-state index contributed by atoms with van der Waals surface area (Å²) < 4.78 is 12.8. The van der Waals surface area contributed by atoms with Crippen molar-refractivity contribution >= 4 is 5.95 Å². The molecule has 0 saturated carbocycles. The molecule has 0 spiro atoms. The zero-order valence-corrected chi connectivity index (χ0v) is 10.4. The molecule has 0 amide bonds. The van der Waals surface area contributed by atoms with E-state index in [2.05, 4.69) is 33.9 Å². The standard InChI is InChI=1S/C12H19FN4/c1-16(2)11-4-3-6-17(7-5-11)12-14-8-10(13)9-15-12/h8-9,11H,3-7H2,1-2H3. The van der Waals surface area contributed by atoms with Gasteiger partial charge < -0.3 is 9.80 Å². The molecular formula is C12H19FN4. The molecule has 0 aliphatic carbocycles. The largest absolute Gasteiger partial charge is 0.341 e. The molecule has 1 aromatic rings. The molecule has 4 nitrogen and oxygen atoms in total. The van der Waals surface area contributed by atoms with Crippen molar-refractivity contribution in [3.05, 3.63) is 18.2 Å². The summed E-state index contributed by atoms with van der Waals surface area (Å²) in [6, 6.07) is 0.625. The minimum Gasteiger partial charge on any atom is -0.341 e. The van der Waals surface area contributed by atoms with Crippen LogP contribution in [0.15, 0.2) is 12.4 Å². The van der Waals surface area contributed by atoms with Crippen molar-refractivity contribution in [2.75, 3.05) is 32.1 Å². The number of hydrogen-bond donors (Lipinski definition) is 0. The lowest BCUT2D eigenvalue weighted by Crippen LogP contribution is -2.30. The number of aromatic nitrogens is 2. The second-order valence-corrected chi connectivity index (χ2v) is 4.74. The van der Waals surface area contributed by atoms with Crippen LogP contribution >= 0.6 is 0 Å². The lowest BCUT2D eigenvalue weighted by molar-refractivity contribution is 0.272. The van der Waals surface area contributed by atoms with Crippen molar-refractivity contribution in [2.24, 2.45) is 0 Å². The summed E-state index contributed by atoms with van der Waals surface area (Å²) in [7, 11) is 4.24. The van der Waals surface area contributed by atoms with Gasteiger partial charge in [0, 0.05) is 19.1 Å². The summed E-state index contributed by atoms with van der Waals surface area (Å²) in [6.45, 7) is 1.89. The third kappa shape index (κ3) is 3.12. The molecule has 1 aliphatic heterocycles. The van der Waals surface area contributed by atoms with Crippen molar-refractivity contribution < 1.29 is 4.39 Å². The second kappa shape index (κ2) is 5.40. The third-order valence-corrected chi connectivity index (χ3v) is 3.32. The molecule has 1 atom stereocenters. The lowest BCUT2D eigenvalue weighted by Gasteiger charge is -2.23. The van der Waals surface area contributed by atoms with Gasteiger partial charge >= 0.3 is 0 Å². The van der Waals surface area contributed by atoms with Gasteiger partial charge in [0.2, 0.25) is 5.95 Å². The van der Waals surface area contributed by atoms with Crippen LogP contribution in [0.25, 0.3) is 0 Å². The number of anilines is 1. The molecule has 1 aromatic heterocycles. The molecule has 0 bridgehead atoms. The van der Waals surface area contributed by atoms with Gasteiger partial charge in [-0.1, -0.05) is 0 Å². The fourth-order valence-corrected chi connectivity index (χ4v) is 2.26. The zero-order chi connectivity index (χ0) is 12.3. The maximum absolute atomic E-state index is 12.8. The van der Waals surface area contributed by atoms with Crippen molar-refractivity contribution in [3.8, 4) is 0 Å². The van der Waals surface area contributed by atoms with E-state index in [9.17, 15) is 4.39 Å². The molecule has 0 radical (unpaired) electrons. The van der Waals surface area contributed by atoms with E-state index in [1.807, 2.05) is 0 Å². The Labute approximate surface area is 101 Å². The van der Waals surface area contributed by atoms with Crippen molar-refractivity contribution in [2.45, 2.75) is 25.3 Å². The highest BCUT2D eigenvalue weighted by Crippen LogP contribution is 2.17. The first-order valence-corrected chi connectivity index (χ1v) is 6.06. The van der Waals surface area contributed by atoms with Gasteiger partial charge in [0.15, 0.2) is 5.82 Å². The van der Waals surface area contributed by atoms with Gasteiger partial charge in [0.1, 0.15) is 0 Å². The van der Waals surface area contributed by atoms with E-state index < -0.39 is 0 Å². The van der Waals surface area contributed by atoms with E-state index >= 15 is 0 Å². The number of halogens is 1. The Kier molecular flexibility index (Phi) is 3.89. The third-order valence-electron chi connectivity index (χ3n) is 3.32. The van der Waals surface area contributed by atoms with Gasteiger partial charge in [0.25, 0.3) is 0 Å². The Morgan fingerprint density at radius 3 is 2.59 bits per heavy atom. The molecular weight excluding hydrogens is 219 g/mol. The quantitative estimate of drug-likeness (QED) is 0.782. The normalized spacial score (nSPS) is 21.6. The van der Waals surface area contributed by atoms with E-state index in [4.69, 9.17) is 0 Å². The molecule has 2 heterocycles. The molecule has 1 saturated heterocycles. The first kappa shape index (κ1) is 12.2. The smallest absolute Gasteiger partial charge is 0.225 e. The van der Waals surface area contributed by atoms with E-state index in [-0.39, 0.29) is 5.82 Å². The average Bonchev–Trinajstić information content (AvgIpc) is 2.55. The summed E-state index contributed by atoms with van der Waals surface area (Å²) in [4.78, 5) is 12.5. The van der Waals surface area contributed by atoms with Crippen molar-refractivity contribution in [1.29, 1.82) is 0 Å². The molecule has 2 rings (SSSR count). The zero-order valence-electron chi connectivity index (χ0n) is 10.4.